The number of nitrogens with zero attached hydrogens (tertiary/aromatic N) is 10. The Morgan fingerprint density at radius 3 is 0.839 bits per heavy atom. The number of furan rings is 1. The minimum absolute atomic E-state index is 0. The van der Waals surface area contributed by atoms with Gasteiger partial charge in [0, 0.05) is 29.7 Å². The maximum Gasteiger partial charge on any atom is 0.261 e. The second kappa shape index (κ2) is 42.5. The summed E-state index contributed by atoms with van der Waals surface area (Å²) in [6, 6.07) is 49.9. The van der Waals surface area contributed by atoms with Gasteiger partial charge < -0.3 is 119 Å². The van der Waals surface area contributed by atoms with Crippen LogP contribution in [-0.2, 0) is 70.9 Å². The van der Waals surface area contributed by atoms with Gasteiger partial charge in [-0.15, -0.1) is 6.58 Å². The molecule has 1 unspecified atom stereocenters. The first kappa shape index (κ1) is 103. The van der Waals surface area contributed by atoms with Crippen molar-refractivity contribution in [1.29, 1.82) is 0 Å². The predicted molar refractivity (Wildman–Crippen MR) is 521 cm³/mol. The third-order valence-electron chi connectivity index (χ3n) is 29.0. The van der Waals surface area contributed by atoms with Gasteiger partial charge in [0.2, 0.25) is 0 Å². The van der Waals surface area contributed by atoms with E-state index in [1.54, 1.807) is 40.6 Å². The average Bonchev–Trinajstić information content (AvgIpc) is 1.54. The van der Waals surface area contributed by atoms with E-state index in [0.717, 1.165) is 53.5 Å². The zero-order valence-electron chi connectivity index (χ0n) is 80.8. The number of aromatic nitrogens is 5. The first-order valence-corrected chi connectivity index (χ1v) is 46.8. The van der Waals surface area contributed by atoms with Crippen molar-refractivity contribution < 1.29 is 119 Å². The summed E-state index contributed by atoms with van der Waals surface area (Å²) >= 11 is 0. The van der Waals surface area contributed by atoms with Crippen LogP contribution in [0.5, 0.6) is 35.1 Å². The molecule has 4 saturated heterocycles. The molecule has 764 valence electrons. The van der Waals surface area contributed by atoms with Crippen LogP contribution in [0.25, 0.3) is 0 Å². The molecule has 14 heterocycles. The molecule has 5 aromatic carbocycles. The van der Waals surface area contributed by atoms with Crippen LogP contribution in [-0.4, -0.2) is 229 Å². The van der Waals surface area contributed by atoms with E-state index in [1.807, 2.05) is 251 Å². The lowest BCUT2D eigenvalue weighted by Crippen LogP contribution is -2.51. The van der Waals surface area contributed by atoms with Gasteiger partial charge in [0.15, 0.2) is 62.7 Å². The Labute approximate surface area is 832 Å². The molecule has 22 atom stereocenters. The van der Waals surface area contributed by atoms with Crippen molar-refractivity contribution in [2.75, 3.05) is 106 Å². The zero-order chi connectivity index (χ0) is 98.0. The summed E-state index contributed by atoms with van der Waals surface area (Å²) in [4.78, 5) is 10.2. The highest BCUT2D eigenvalue weighted by Crippen LogP contribution is 2.69. The van der Waals surface area contributed by atoms with Gasteiger partial charge in [-0.25, -0.2) is 0 Å². The molecule has 0 radical (unpaired) electrons. The highest BCUT2D eigenvalue weighted by molar-refractivity contribution is 5.52. The summed E-state index contributed by atoms with van der Waals surface area (Å²) < 4.78 is 116. The van der Waals surface area contributed by atoms with Gasteiger partial charge in [-0.2, -0.15) is 0 Å². The van der Waals surface area contributed by atoms with Crippen molar-refractivity contribution in [2.45, 2.75) is 189 Å². The number of fused-ring (bicyclic) bond motifs is 8. The number of likely N-dealkylation sites (N-methyl/N-ethyl adjacent to an activating group) is 1. The van der Waals surface area contributed by atoms with Gasteiger partial charge in [-0.1, -0.05) is 180 Å². The lowest BCUT2D eigenvalue weighted by Gasteiger charge is -2.46. The molecule has 8 aliphatic heterocycles. The lowest BCUT2D eigenvalue weighted by atomic mass is 9.66. The fourth-order valence-corrected chi connectivity index (χ4v) is 23.1. The third-order valence-corrected chi connectivity index (χ3v) is 29.0. The summed E-state index contributed by atoms with van der Waals surface area (Å²) in [5.41, 5.74) is 3.88. The molecule has 4 fully saturated rings. The van der Waals surface area contributed by atoms with Crippen LogP contribution in [0.2, 0.25) is 0 Å². The van der Waals surface area contributed by atoms with Gasteiger partial charge >= 0.3 is 0 Å². The monoisotopic (exact) mass is 1970 g/mol. The molecule has 0 amide bonds. The number of ether oxygens (including phenoxy) is 14. The standard InChI is InChI=1S/5C21H24N2O5.3CH4/c4*1-23(2)17-14-9-13-10-15(25-3)21(14,27-13)19(24)16-18(17)28-22-20(16)26-11-12-7-5-4-6-8-12;1-5-15(23(2)3)19-17(18(24)20-16(25-4)11-12-26-20)21(22-28-19)27-13-14-9-7-6-8-10-14;;;/h4*4-8,10,13-14,17,19,24H,9,11H2,1-3H3;5-12,15,18,24H,1,13H2,2-4H3;3*1H4/t13-,14+,17+,19+,21+;13-,14+,17+,19-,21+;13-,14-,17-,19+,21+;13-,14-,17-,19-,21+;15-,18?;;;/m11000.../s1. The molecular weight excluding hydrogens is 1840 g/mol. The van der Waals surface area contributed by atoms with Crippen LogP contribution in [0, 0.1) is 23.7 Å². The molecule has 6 aromatic heterocycles. The normalized spacial score (nSPS) is 28.3. The SMILES string of the molecule is C.C.C.C=C[C@@H](c1onc(OCc2ccccc2)c1C(O)c1occc1OC)N(C)C.COC1=C[C@@H]2C[C@H]3[C@H](N(C)C)c4onc(OCc5ccccc5)c4[C@@H](O)[C@]13O2.COC1=C[C@@H]2C[C@H]3[C@H](N(C)C)c4onc(OCc5ccccc5)c4[C@H](O)[C@]13O2.COC1=C[C@H]2C[C@H]3[C@H](N(C)C)c4onc(OCc5ccccc5)c4[C@@H](O)[C@@]13O2.COC1=C[C@H]2C[C@H]3[C@H](N(C)C)c4onc(OCc5ccccc5)c4[C@H](O)[C@@]13O2. The number of methoxy groups -OCH3 is 5. The molecule has 35 nitrogen and oxygen atoms in total. The Hall–Kier alpha value is -12.4. The molecule has 12 aliphatic rings. The summed E-state index contributed by atoms with van der Waals surface area (Å²) in [5.74, 6) is 7.80. The molecule has 5 N–H and O–H groups in total. The molecule has 11 aromatic rings. The van der Waals surface area contributed by atoms with E-state index >= 15 is 0 Å². The summed E-state index contributed by atoms with van der Waals surface area (Å²) in [6.07, 6.45) is 8.88. The van der Waals surface area contributed by atoms with Crippen LogP contribution in [0.1, 0.15) is 199 Å². The van der Waals surface area contributed by atoms with Crippen LogP contribution < -0.4 is 28.4 Å². The molecule has 23 rings (SSSR count). The van der Waals surface area contributed by atoms with Crippen molar-refractivity contribution in [2.24, 2.45) is 23.7 Å². The van der Waals surface area contributed by atoms with Crippen molar-refractivity contribution in [3.63, 3.8) is 0 Å². The van der Waals surface area contributed by atoms with E-state index in [9.17, 15) is 25.5 Å². The number of aliphatic hydroxyl groups is 5. The highest BCUT2D eigenvalue weighted by atomic mass is 16.6. The third kappa shape index (κ3) is 17.9. The van der Waals surface area contributed by atoms with Crippen LogP contribution in [0.4, 0.5) is 0 Å². The van der Waals surface area contributed by atoms with Crippen LogP contribution in [0.3, 0.4) is 0 Å². The fourth-order valence-electron chi connectivity index (χ4n) is 23.1. The Balaban J connectivity index is 0.000000128. The predicted octanol–water partition coefficient (Wildman–Crippen LogP) is 16.0. The quantitative estimate of drug-likeness (QED) is 0.0272. The lowest BCUT2D eigenvalue weighted by molar-refractivity contribution is -0.132. The van der Waals surface area contributed by atoms with E-state index in [1.165, 1.54) is 13.4 Å². The highest BCUT2D eigenvalue weighted by Gasteiger charge is 2.73. The second-order valence-electron chi connectivity index (χ2n) is 38.0. The van der Waals surface area contributed by atoms with Gasteiger partial charge in [0.25, 0.3) is 29.4 Å². The number of aliphatic hydroxyl groups excluding tert-OH is 5. The van der Waals surface area contributed by atoms with Crippen molar-refractivity contribution >= 4 is 0 Å². The second-order valence-corrected chi connectivity index (χ2v) is 38.0. The van der Waals surface area contributed by atoms with E-state index in [0.29, 0.717) is 135 Å². The van der Waals surface area contributed by atoms with Gasteiger partial charge in [0.1, 0.15) is 86.6 Å². The summed E-state index contributed by atoms with van der Waals surface area (Å²) in [7, 11) is 27.7. The van der Waals surface area contributed by atoms with Gasteiger partial charge in [-0.05, 0) is 174 Å². The van der Waals surface area contributed by atoms with Gasteiger partial charge in [0.05, 0.1) is 124 Å². The molecule has 143 heavy (non-hydrogen) atoms. The summed E-state index contributed by atoms with van der Waals surface area (Å²) in [5, 5.41) is 77.5. The maximum absolute atomic E-state index is 11.4. The first-order valence-electron chi connectivity index (χ1n) is 46.8. The van der Waals surface area contributed by atoms with Gasteiger partial charge in [-0.3, -0.25) is 24.5 Å². The number of hydrogen-bond donors (Lipinski definition) is 5. The molecule has 8 bridgehead atoms. The number of rotatable bonds is 29. The van der Waals surface area contributed by atoms with Crippen molar-refractivity contribution in [3.8, 4) is 35.1 Å². The van der Waals surface area contributed by atoms with E-state index in [4.69, 9.17) is 93.3 Å². The van der Waals surface area contributed by atoms with Crippen LogP contribution in [0.15, 0.2) is 251 Å². The van der Waals surface area contributed by atoms with E-state index in [2.05, 4.69) is 52.0 Å². The van der Waals surface area contributed by atoms with Crippen molar-refractivity contribution in [3.05, 3.63) is 314 Å². The molecular formula is C108H132N10O25. The fraction of sp³-hybridized carbons (Fsp3) is 0.454. The Kier molecular flexibility index (Phi) is 30.7. The molecule has 4 spiro atoms. The summed E-state index contributed by atoms with van der Waals surface area (Å²) in [6.45, 7) is 5.50. The number of benzene rings is 5. The maximum atomic E-state index is 11.4. The molecule has 35 heteroatoms. The zero-order valence-corrected chi connectivity index (χ0v) is 80.8. The minimum Gasteiger partial charge on any atom is -0.498 e. The van der Waals surface area contributed by atoms with Crippen LogP contribution >= 0.6 is 0 Å². The Morgan fingerprint density at radius 1 is 0.357 bits per heavy atom. The Bertz CT molecular complexity index is 5680. The largest absolute Gasteiger partial charge is 0.498 e. The van der Waals surface area contributed by atoms with Crippen molar-refractivity contribution in [1.82, 2.24) is 50.3 Å². The average molecular weight is 1970 g/mol. The molecule has 4 aliphatic carbocycles. The molecule has 0 saturated carbocycles. The first-order chi connectivity index (χ1) is 67.8. The minimum atomic E-state index is -1.18. The smallest absolute Gasteiger partial charge is 0.261 e. The topological polar surface area (TPSA) is 390 Å². The van der Waals surface area contributed by atoms with E-state index < -0.39 is 52.9 Å². The number of hydrogen-bond acceptors (Lipinski definition) is 35. The van der Waals surface area contributed by atoms with E-state index in [-0.39, 0.29) is 119 Å². The Morgan fingerprint density at radius 2 is 0.608 bits per heavy atom.